The Labute approximate surface area is 105 Å². The molecule has 0 bridgehead atoms. The highest BCUT2D eigenvalue weighted by molar-refractivity contribution is 6.83. The molecule has 0 atom stereocenters. The maximum absolute atomic E-state index is 2.82. The van der Waals surface area contributed by atoms with Gasteiger partial charge in [0.1, 0.15) is 8.24 Å². The standard InChI is InChI=1S/C12H28N2Si2/c1-6-12(2)15-11-16(4,5)14-9-7-13(3)8-10-14/h6H,7-11,15H2,1-5H3. The van der Waals surface area contributed by atoms with Crippen LogP contribution in [0, 0.1) is 0 Å². The molecule has 0 spiro atoms. The van der Waals surface area contributed by atoms with E-state index in [1.807, 2.05) is 0 Å². The molecule has 0 radical (unpaired) electrons. The summed E-state index contributed by atoms with van der Waals surface area (Å²) in [6, 6.07) is 0. The lowest BCUT2D eigenvalue weighted by atomic mass is 10.4. The molecule has 16 heavy (non-hydrogen) atoms. The second kappa shape index (κ2) is 6.14. The molecule has 0 aromatic rings. The molecule has 0 N–H and O–H groups in total. The monoisotopic (exact) mass is 256 g/mol. The van der Waals surface area contributed by atoms with E-state index in [0.717, 1.165) is 0 Å². The maximum Gasteiger partial charge on any atom is 0.119 e. The van der Waals surface area contributed by atoms with Gasteiger partial charge in [-0.3, -0.25) is 0 Å². The van der Waals surface area contributed by atoms with Gasteiger partial charge < -0.3 is 9.47 Å². The van der Waals surface area contributed by atoms with Crippen LogP contribution in [0.2, 0.25) is 18.8 Å². The topological polar surface area (TPSA) is 6.48 Å². The van der Waals surface area contributed by atoms with Crippen LogP contribution in [0.3, 0.4) is 0 Å². The highest BCUT2D eigenvalue weighted by Crippen LogP contribution is 2.17. The lowest BCUT2D eigenvalue weighted by Gasteiger charge is -2.42. The Hall–Kier alpha value is 0.0938. The van der Waals surface area contributed by atoms with Crippen molar-refractivity contribution in [2.24, 2.45) is 0 Å². The Bertz CT molecular complexity index is 243. The summed E-state index contributed by atoms with van der Waals surface area (Å²) in [5.74, 6) is 0. The lowest BCUT2D eigenvalue weighted by Crippen LogP contribution is -2.57. The molecule has 4 heteroatoms. The number of likely N-dealkylation sites (N-methyl/N-ethyl adjacent to an activating group) is 1. The summed E-state index contributed by atoms with van der Waals surface area (Å²) in [7, 11) is 1.20. The van der Waals surface area contributed by atoms with Gasteiger partial charge in [-0.25, -0.2) is 0 Å². The molecular formula is C12H28N2Si2. The number of nitrogens with zero attached hydrogens (tertiary/aromatic N) is 2. The second-order valence-corrected chi connectivity index (χ2v) is 13.6. The van der Waals surface area contributed by atoms with Gasteiger partial charge in [0, 0.05) is 35.7 Å². The molecule has 2 nitrogen and oxygen atoms in total. The van der Waals surface area contributed by atoms with Gasteiger partial charge in [0.2, 0.25) is 0 Å². The van der Waals surface area contributed by atoms with Gasteiger partial charge in [-0.15, -0.1) is 0 Å². The van der Waals surface area contributed by atoms with E-state index in [0.29, 0.717) is 0 Å². The van der Waals surface area contributed by atoms with Gasteiger partial charge in [0.25, 0.3) is 0 Å². The molecule has 0 unspecified atom stereocenters. The van der Waals surface area contributed by atoms with Crippen molar-refractivity contribution in [3.63, 3.8) is 0 Å². The fraction of sp³-hybridized carbons (Fsp3) is 0.833. The molecule has 1 rings (SSSR count). The molecule has 1 aliphatic rings. The highest BCUT2D eigenvalue weighted by atomic mass is 28.4. The van der Waals surface area contributed by atoms with E-state index in [2.05, 4.69) is 49.5 Å². The van der Waals surface area contributed by atoms with Crippen LogP contribution in [-0.4, -0.2) is 60.4 Å². The molecule has 94 valence electrons. The van der Waals surface area contributed by atoms with Crippen LogP contribution < -0.4 is 0 Å². The van der Waals surface area contributed by atoms with Crippen LogP contribution >= 0.6 is 0 Å². The molecule has 0 aliphatic carbocycles. The SMILES string of the molecule is CC=C(C)[SiH2]C[Si](C)(C)N1CCN(C)CC1. The average molecular weight is 257 g/mol. The molecule has 1 heterocycles. The van der Waals surface area contributed by atoms with Crippen LogP contribution in [0.4, 0.5) is 0 Å². The summed E-state index contributed by atoms with van der Waals surface area (Å²) in [4.78, 5) is 2.45. The van der Waals surface area contributed by atoms with Crippen LogP contribution in [0.5, 0.6) is 0 Å². The molecule has 0 amide bonds. The number of piperazine rings is 1. The van der Waals surface area contributed by atoms with Crippen molar-refractivity contribution in [3.05, 3.63) is 11.3 Å². The fourth-order valence-electron chi connectivity index (χ4n) is 2.22. The Kier molecular flexibility index (Phi) is 5.43. The third-order valence-corrected chi connectivity index (χ3v) is 13.2. The van der Waals surface area contributed by atoms with Crippen molar-refractivity contribution in [2.45, 2.75) is 32.6 Å². The molecule has 1 aliphatic heterocycles. The predicted octanol–water partition coefficient (Wildman–Crippen LogP) is 1.49. The van der Waals surface area contributed by atoms with Crippen molar-refractivity contribution in [1.29, 1.82) is 0 Å². The highest BCUT2D eigenvalue weighted by Gasteiger charge is 2.30. The largest absolute Gasteiger partial charge is 0.321 e. The van der Waals surface area contributed by atoms with E-state index < -0.39 is 8.24 Å². The van der Waals surface area contributed by atoms with Crippen molar-refractivity contribution in [1.82, 2.24) is 9.47 Å². The van der Waals surface area contributed by atoms with E-state index in [9.17, 15) is 0 Å². The van der Waals surface area contributed by atoms with E-state index in [1.165, 1.54) is 26.2 Å². The summed E-state index contributed by atoms with van der Waals surface area (Å²) in [6.45, 7) is 14.8. The van der Waals surface area contributed by atoms with Crippen LogP contribution in [0.15, 0.2) is 11.3 Å². The third-order valence-electron chi connectivity index (χ3n) is 3.98. The van der Waals surface area contributed by atoms with Gasteiger partial charge in [0.05, 0.1) is 0 Å². The molecule has 0 aromatic carbocycles. The van der Waals surface area contributed by atoms with Crippen molar-refractivity contribution in [3.8, 4) is 0 Å². The molecule has 1 fully saturated rings. The van der Waals surface area contributed by atoms with Gasteiger partial charge >= 0.3 is 0 Å². The molecule has 0 saturated carbocycles. The molecular weight excluding hydrogens is 228 g/mol. The first-order valence-corrected chi connectivity index (χ1v) is 11.4. The fourth-order valence-corrected chi connectivity index (χ4v) is 9.21. The smallest absolute Gasteiger partial charge is 0.119 e. The second-order valence-electron chi connectivity index (χ2n) is 5.74. The van der Waals surface area contributed by atoms with Crippen LogP contribution in [0.1, 0.15) is 13.8 Å². The lowest BCUT2D eigenvalue weighted by molar-refractivity contribution is 0.217. The number of hydrogen-bond acceptors (Lipinski definition) is 2. The number of rotatable bonds is 4. The van der Waals surface area contributed by atoms with E-state index in [4.69, 9.17) is 0 Å². The first kappa shape index (κ1) is 14.2. The van der Waals surface area contributed by atoms with Crippen molar-refractivity contribution in [2.75, 3.05) is 33.2 Å². The Balaban J connectivity index is 2.43. The summed E-state index contributed by atoms with van der Waals surface area (Å²) in [5, 5.41) is 1.69. The summed E-state index contributed by atoms with van der Waals surface area (Å²) >= 11 is 0. The van der Waals surface area contributed by atoms with Crippen LogP contribution in [0.25, 0.3) is 0 Å². The zero-order chi connectivity index (χ0) is 12.2. The molecule has 0 aromatic heterocycles. The maximum atomic E-state index is 2.82. The third kappa shape index (κ3) is 4.16. The van der Waals surface area contributed by atoms with Gasteiger partial charge in [-0.2, -0.15) is 0 Å². The first-order chi connectivity index (χ1) is 7.45. The zero-order valence-electron chi connectivity index (χ0n) is 11.7. The summed E-state index contributed by atoms with van der Waals surface area (Å²) in [6.07, 6.45) is 2.32. The van der Waals surface area contributed by atoms with E-state index in [-0.39, 0.29) is 9.52 Å². The zero-order valence-corrected chi connectivity index (χ0v) is 14.1. The summed E-state index contributed by atoms with van der Waals surface area (Å²) < 4.78 is 2.82. The minimum Gasteiger partial charge on any atom is -0.321 e. The first-order valence-electron chi connectivity index (χ1n) is 6.51. The van der Waals surface area contributed by atoms with Gasteiger partial charge in [0.15, 0.2) is 0 Å². The van der Waals surface area contributed by atoms with Crippen molar-refractivity contribution >= 4 is 17.8 Å². The van der Waals surface area contributed by atoms with E-state index in [1.54, 1.807) is 10.9 Å². The van der Waals surface area contributed by atoms with Gasteiger partial charge in [-0.1, -0.05) is 30.0 Å². The van der Waals surface area contributed by atoms with Crippen LogP contribution in [-0.2, 0) is 0 Å². The minimum absolute atomic E-state index is 0.0410. The summed E-state index contributed by atoms with van der Waals surface area (Å²) in [5.41, 5.74) is 1.55. The Morgan fingerprint density at radius 1 is 1.25 bits per heavy atom. The van der Waals surface area contributed by atoms with Crippen molar-refractivity contribution < 1.29 is 0 Å². The average Bonchev–Trinajstić information content (AvgIpc) is 2.26. The molecule has 1 saturated heterocycles. The predicted molar refractivity (Wildman–Crippen MR) is 79.3 cm³/mol. The quantitative estimate of drug-likeness (QED) is 0.703. The normalized spacial score (nSPS) is 22.2. The Morgan fingerprint density at radius 3 is 2.31 bits per heavy atom. The number of hydrogen-bond donors (Lipinski definition) is 0. The Morgan fingerprint density at radius 2 is 1.81 bits per heavy atom. The van der Waals surface area contributed by atoms with Gasteiger partial charge in [-0.05, 0) is 20.9 Å². The van der Waals surface area contributed by atoms with E-state index >= 15 is 0 Å². The number of allylic oxidation sites excluding steroid dienone is 2. The minimum atomic E-state index is -1.08.